The summed E-state index contributed by atoms with van der Waals surface area (Å²) in [5.74, 6) is 0.321. The quantitative estimate of drug-likeness (QED) is 0.702. The van der Waals surface area contributed by atoms with Gasteiger partial charge in [-0.25, -0.2) is 0 Å². The maximum atomic E-state index is 11.7. The Morgan fingerprint density at radius 3 is 2.57 bits per heavy atom. The van der Waals surface area contributed by atoms with Gasteiger partial charge in [0, 0.05) is 12.3 Å². The van der Waals surface area contributed by atoms with Crippen LogP contribution in [0.15, 0.2) is 0 Å². The molecule has 3 nitrogen and oxygen atoms in total. The van der Waals surface area contributed by atoms with Gasteiger partial charge in [-0.15, -0.1) is 0 Å². The molecule has 1 unspecified atom stereocenters. The molecule has 0 aromatic carbocycles. The van der Waals surface area contributed by atoms with Crippen molar-refractivity contribution in [2.45, 2.75) is 46.0 Å². The first-order valence-electron chi connectivity index (χ1n) is 5.52. The van der Waals surface area contributed by atoms with Crippen LogP contribution in [0.1, 0.15) is 46.0 Å². The molecule has 1 N–H and O–H groups in total. The van der Waals surface area contributed by atoms with Crippen LogP contribution in [-0.2, 0) is 9.59 Å². The van der Waals surface area contributed by atoms with E-state index in [-0.39, 0.29) is 17.7 Å². The van der Waals surface area contributed by atoms with Crippen LogP contribution < -0.4 is 5.32 Å². The normalized spacial score (nSPS) is 23.5. The summed E-state index contributed by atoms with van der Waals surface area (Å²) in [6.07, 6.45) is 4.25. The number of amides is 2. The highest BCUT2D eigenvalue weighted by molar-refractivity contribution is 5.97. The number of carbonyl (C=O) groups excluding carboxylic acids is 2. The second-order valence-electron chi connectivity index (χ2n) is 3.99. The molecule has 1 atom stereocenters. The second-order valence-corrected chi connectivity index (χ2v) is 3.99. The summed E-state index contributed by atoms with van der Waals surface area (Å²) in [5.41, 5.74) is 0. The molecule has 0 aromatic rings. The van der Waals surface area contributed by atoms with Gasteiger partial charge in [-0.1, -0.05) is 26.7 Å². The Kier molecular flexibility index (Phi) is 4.11. The fourth-order valence-corrected chi connectivity index (χ4v) is 2.21. The van der Waals surface area contributed by atoms with E-state index in [0.717, 1.165) is 25.7 Å². The topological polar surface area (TPSA) is 46.2 Å². The average Bonchev–Trinajstić information content (AvgIpc) is 2.31. The minimum atomic E-state index is -0.108. The maximum absolute atomic E-state index is 11.7. The predicted octanol–water partition coefficient (Wildman–Crippen LogP) is 1.87. The van der Waals surface area contributed by atoms with Crippen molar-refractivity contribution < 1.29 is 9.59 Å². The summed E-state index contributed by atoms with van der Waals surface area (Å²) < 4.78 is 0. The van der Waals surface area contributed by atoms with E-state index in [9.17, 15) is 9.59 Å². The van der Waals surface area contributed by atoms with Gasteiger partial charge >= 0.3 is 0 Å². The van der Waals surface area contributed by atoms with Gasteiger partial charge in [-0.3, -0.25) is 14.9 Å². The summed E-state index contributed by atoms with van der Waals surface area (Å²) in [7, 11) is 0. The maximum Gasteiger partial charge on any atom is 0.229 e. The Bertz CT molecular complexity index is 221. The van der Waals surface area contributed by atoms with Gasteiger partial charge in [0.25, 0.3) is 0 Å². The van der Waals surface area contributed by atoms with Crippen LogP contribution in [0, 0.1) is 11.8 Å². The molecule has 0 aromatic heterocycles. The van der Waals surface area contributed by atoms with E-state index >= 15 is 0 Å². The zero-order valence-corrected chi connectivity index (χ0v) is 9.01. The van der Waals surface area contributed by atoms with Crippen LogP contribution in [0.4, 0.5) is 0 Å². The summed E-state index contributed by atoms with van der Waals surface area (Å²) in [5, 5.41) is 2.46. The molecule has 1 heterocycles. The van der Waals surface area contributed by atoms with Crippen LogP contribution >= 0.6 is 0 Å². The van der Waals surface area contributed by atoms with E-state index < -0.39 is 0 Å². The van der Waals surface area contributed by atoms with E-state index in [1.165, 1.54) is 0 Å². The number of rotatable bonds is 3. The fraction of sp³-hybridized carbons (Fsp3) is 0.818. The molecule has 1 rings (SSSR count). The van der Waals surface area contributed by atoms with Crippen LogP contribution in [0.25, 0.3) is 0 Å². The molecule has 0 aliphatic carbocycles. The fourth-order valence-electron chi connectivity index (χ4n) is 2.21. The van der Waals surface area contributed by atoms with Gasteiger partial charge in [0.15, 0.2) is 0 Å². The summed E-state index contributed by atoms with van der Waals surface area (Å²) in [6.45, 7) is 4.21. The summed E-state index contributed by atoms with van der Waals surface area (Å²) in [6, 6.07) is 0. The molecular weight excluding hydrogens is 178 g/mol. The third-order valence-corrected chi connectivity index (χ3v) is 3.14. The van der Waals surface area contributed by atoms with E-state index in [0.29, 0.717) is 12.3 Å². The zero-order chi connectivity index (χ0) is 10.6. The van der Waals surface area contributed by atoms with E-state index in [1.807, 2.05) is 0 Å². The molecule has 80 valence electrons. The Hall–Kier alpha value is -0.860. The van der Waals surface area contributed by atoms with Gasteiger partial charge in [0.1, 0.15) is 0 Å². The van der Waals surface area contributed by atoms with Crippen LogP contribution in [-0.4, -0.2) is 11.8 Å². The van der Waals surface area contributed by atoms with Crippen LogP contribution in [0.2, 0.25) is 0 Å². The molecule has 1 fully saturated rings. The minimum Gasteiger partial charge on any atom is -0.296 e. The Morgan fingerprint density at radius 2 is 2.00 bits per heavy atom. The lowest BCUT2D eigenvalue weighted by molar-refractivity contribution is -0.132. The van der Waals surface area contributed by atoms with Crippen LogP contribution in [0.5, 0.6) is 0 Å². The number of hydrogen-bond donors (Lipinski definition) is 1. The van der Waals surface area contributed by atoms with Crippen molar-refractivity contribution in [1.82, 2.24) is 5.32 Å². The molecule has 0 saturated carbocycles. The molecule has 1 aliphatic heterocycles. The monoisotopic (exact) mass is 197 g/mol. The minimum absolute atomic E-state index is 0.0523. The molecular formula is C11H19NO2. The van der Waals surface area contributed by atoms with Gasteiger partial charge in [0.05, 0.1) is 0 Å². The highest BCUT2D eigenvalue weighted by Crippen LogP contribution is 2.26. The van der Waals surface area contributed by atoms with Crippen molar-refractivity contribution in [3.63, 3.8) is 0 Å². The zero-order valence-electron chi connectivity index (χ0n) is 9.01. The van der Waals surface area contributed by atoms with Crippen molar-refractivity contribution in [2.24, 2.45) is 11.8 Å². The predicted molar refractivity (Wildman–Crippen MR) is 54.6 cm³/mol. The smallest absolute Gasteiger partial charge is 0.229 e. The van der Waals surface area contributed by atoms with Crippen molar-refractivity contribution in [3.05, 3.63) is 0 Å². The lowest BCUT2D eigenvalue weighted by Gasteiger charge is -2.21. The molecule has 14 heavy (non-hydrogen) atoms. The highest BCUT2D eigenvalue weighted by atomic mass is 16.2. The van der Waals surface area contributed by atoms with Crippen molar-refractivity contribution >= 4 is 11.8 Å². The standard InChI is InChI=1S/C11H19NO2/c1-3-8(4-2)9-6-5-7-10(13)12-11(9)14/h8-9H,3-7H2,1-2H3,(H,12,13,14). The SMILES string of the molecule is CCC(CC)C1CCCC(=O)NC1=O. The second kappa shape index (κ2) is 5.13. The van der Waals surface area contributed by atoms with Gasteiger partial charge < -0.3 is 0 Å². The van der Waals surface area contributed by atoms with Gasteiger partial charge in [-0.05, 0) is 18.8 Å². The van der Waals surface area contributed by atoms with E-state index in [1.54, 1.807) is 0 Å². The third-order valence-electron chi connectivity index (χ3n) is 3.14. The van der Waals surface area contributed by atoms with Gasteiger partial charge in [-0.2, -0.15) is 0 Å². The highest BCUT2D eigenvalue weighted by Gasteiger charge is 2.29. The molecule has 1 saturated heterocycles. The van der Waals surface area contributed by atoms with E-state index in [4.69, 9.17) is 0 Å². The largest absolute Gasteiger partial charge is 0.296 e. The van der Waals surface area contributed by atoms with Crippen molar-refractivity contribution in [3.8, 4) is 0 Å². The molecule has 1 aliphatic rings. The first-order valence-corrected chi connectivity index (χ1v) is 5.52. The van der Waals surface area contributed by atoms with Crippen molar-refractivity contribution in [2.75, 3.05) is 0 Å². The first kappa shape index (κ1) is 11.2. The van der Waals surface area contributed by atoms with Gasteiger partial charge in [0.2, 0.25) is 11.8 Å². The molecule has 3 heteroatoms. The molecule has 0 spiro atoms. The Labute approximate surface area is 85.3 Å². The lowest BCUT2D eigenvalue weighted by atomic mass is 9.84. The molecule has 0 bridgehead atoms. The Morgan fingerprint density at radius 1 is 1.36 bits per heavy atom. The van der Waals surface area contributed by atoms with Crippen LogP contribution in [0.3, 0.4) is 0 Å². The summed E-state index contributed by atoms with van der Waals surface area (Å²) >= 11 is 0. The molecule has 0 radical (unpaired) electrons. The lowest BCUT2D eigenvalue weighted by Crippen LogP contribution is -2.35. The number of imide groups is 1. The van der Waals surface area contributed by atoms with Crippen molar-refractivity contribution in [1.29, 1.82) is 0 Å². The van der Waals surface area contributed by atoms with E-state index in [2.05, 4.69) is 19.2 Å². The number of nitrogens with one attached hydrogen (secondary N) is 1. The number of carbonyl (C=O) groups is 2. The third kappa shape index (κ3) is 2.56. The first-order chi connectivity index (χ1) is 6.69. The Balaban J connectivity index is 2.66. The molecule has 2 amide bonds. The number of hydrogen-bond acceptors (Lipinski definition) is 2. The summed E-state index contributed by atoms with van der Waals surface area (Å²) in [4.78, 5) is 22.8. The average molecular weight is 197 g/mol.